The molecule has 0 aliphatic carbocycles. The summed E-state index contributed by atoms with van der Waals surface area (Å²) in [6.45, 7) is 7.27. The van der Waals surface area contributed by atoms with Crippen LogP contribution in [0.3, 0.4) is 0 Å². The fraction of sp³-hybridized carbons (Fsp3) is 0.440. The lowest BCUT2D eigenvalue weighted by molar-refractivity contribution is 0.0950. The minimum atomic E-state index is -0.126. The summed E-state index contributed by atoms with van der Waals surface area (Å²) in [7, 11) is 0. The number of hydrogen-bond acceptors (Lipinski definition) is 4. The second kappa shape index (κ2) is 9.52. The lowest BCUT2D eigenvalue weighted by atomic mass is 9.97. The number of pyridine rings is 1. The summed E-state index contributed by atoms with van der Waals surface area (Å²) in [6, 6.07) is 8.50. The molecule has 0 unspecified atom stereocenters. The highest BCUT2D eigenvalue weighted by Crippen LogP contribution is 2.29. The number of nitrogens with one attached hydrogen (secondary N) is 3. The number of anilines is 1. The number of fused-ring (bicyclic) bond motifs is 2. The van der Waals surface area contributed by atoms with Gasteiger partial charge in [-0.3, -0.25) is 9.59 Å². The zero-order valence-corrected chi connectivity index (χ0v) is 18.5. The fourth-order valence-electron chi connectivity index (χ4n) is 4.85. The van der Waals surface area contributed by atoms with Crippen LogP contribution in [-0.2, 0) is 19.4 Å². The van der Waals surface area contributed by atoms with Gasteiger partial charge in [0.05, 0.1) is 0 Å². The maximum absolute atomic E-state index is 13.2. The van der Waals surface area contributed by atoms with Crippen molar-refractivity contribution in [2.24, 2.45) is 0 Å². The van der Waals surface area contributed by atoms with E-state index < -0.39 is 0 Å². The van der Waals surface area contributed by atoms with Gasteiger partial charge in [0, 0.05) is 41.6 Å². The zero-order valence-electron chi connectivity index (χ0n) is 18.5. The Kier molecular flexibility index (Phi) is 6.56. The Hall–Kier alpha value is -2.86. The molecule has 164 valence electrons. The first-order chi connectivity index (χ1) is 15.1. The van der Waals surface area contributed by atoms with E-state index in [1.807, 2.05) is 25.1 Å². The monoisotopic (exact) mass is 420 g/mol. The number of carbonyl (C=O) groups excluding carboxylic acids is 1. The summed E-state index contributed by atoms with van der Waals surface area (Å²) in [5.41, 5.74) is 5.22. The summed E-state index contributed by atoms with van der Waals surface area (Å²) in [6.07, 6.45) is 7.84. The smallest absolute Gasteiger partial charge is 0.253 e. The average Bonchev–Trinajstić information content (AvgIpc) is 2.80. The molecule has 0 spiro atoms. The van der Waals surface area contributed by atoms with Crippen LogP contribution in [0.15, 0.2) is 41.2 Å². The highest BCUT2D eigenvalue weighted by Gasteiger charge is 2.24. The molecular formula is C25H32N4O2. The van der Waals surface area contributed by atoms with Crippen molar-refractivity contribution in [2.75, 3.05) is 24.5 Å². The molecule has 1 aromatic carbocycles. The summed E-state index contributed by atoms with van der Waals surface area (Å²) >= 11 is 0. The number of rotatable bonds is 3. The molecule has 0 radical (unpaired) electrons. The van der Waals surface area contributed by atoms with Crippen LogP contribution >= 0.6 is 0 Å². The number of amides is 1. The number of benzene rings is 1. The van der Waals surface area contributed by atoms with E-state index in [0.717, 1.165) is 55.0 Å². The molecule has 31 heavy (non-hydrogen) atoms. The Morgan fingerprint density at radius 3 is 2.61 bits per heavy atom. The Morgan fingerprint density at radius 1 is 1.06 bits per heavy atom. The number of nitrogens with zero attached hydrogens (tertiary/aromatic N) is 1. The largest absolute Gasteiger partial charge is 0.368 e. The van der Waals surface area contributed by atoms with Gasteiger partial charge >= 0.3 is 0 Å². The van der Waals surface area contributed by atoms with Gasteiger partial charge in [0.25, 0.3) is 11.5 Å². The molecule has 1 saturated heterocycles. The normalized spacial score (nSPS) is 18.3. The molecule has 2 aromatic rings. The van der Waals surface area contributed by atoms with E-state index in [2.05, 4.69) is 45.7 Å². The molecule has 1 fully saturated rings. The van der Waals surface area contributed by atoms with Crippen LogP contribution in [0.5, 0.6) is 0 Å². The van der Waals surface area contributed by atoms with Crippen LogP contribution in [0.1, 0.15) is 52.5 Å². The Labute approximate surface area is 183 Å². The second-order valence-electron chi connectivity index (χ2n) is 8.42. The van der Waals surface area contributed by atoms with E-state index in [1.54, 1.807) is 0 Å². The number of carbonyl (C=O) groups is 1. The van der Waals surface area contributed by atoms with Gasteiger partial charge in [0.1, 0.15) is 0 Å². The second-order valence-corrected chi connectivity index (χ2v) is 8.42. The van der Waals surface area contributed by atoms with Crippen LogP contribution in [0.25, 0.3) is 0 Å². The number of aryl methyl sites for hydroxylation is 1. The summed E-state index contributed by atoms with van der Waals surface area (Å²) in [4.78, 5) is 31.0. The molecule has 2 aliphatic rings. The summed E-state index contributed by atoms with van der Waals surface area (Å²) in [5, 5.41) is 6.44. The third-order valence-corrected chi connectivity index (χ3v) is 6.41. The van der Waals surface area contributed by atoms with Gasteiger partial charge in [-0.1, -0.05) is 18.2 Å². The first-order valence-electron chi connectivity index (χ1n) is 11.3. The quantitative estimate of drug-likeness (QED) is 0.668. The van der Waals surface area contributed by atoms with Crippen molar-refractivity contribution in [3.8, 4) is 0 Å². The number of aromatic amines is 1. The van der Waals surface area contributed by atoms with Crippen molar-refractivity contribution in [3.63, 3.8) is 0 Å². The molecule has 6 heteroatoms. The third kappa shape index (κ3) is 4.59. The third-order valence-electron chi connectivity index (χ3n) is 6.41. The molecule has 2 aliphatic heterocycles. The van der Waals surface area contributed by atoms with Gasteiger partial charge in [-0.15, -0.1) is 0 Å². The first-order valence-corrected chi connectivity index (χ1v) is 11.3. The van der Waals surface area contributed by atoms with Crippen molar-refractivity contribution in [1.82, 2.24) is 15.6 Å². The maximum Gasteiger partial charge on any atom is 0.253 e. The van der Waals surface area contributed by atoms with Crippen LogP contribution < -0.4 is 21.1 Å². The van der Waals surface area contributed by atoms with E-state index in [0.29, 0.717) is 30.0 Å². The molecule has 3 heterocycles. The number of hydrogen-bond donors (Lipinski definition) is 3. The summed E-state index contributed by atoms with van der Waals surface area (Å²) in [5.74, 6) is -0.126. The van der Waals surface area contributed by atoms with Crippen LogP contribution in [0.2, 0.25) is 0 Å². The van der Waals surface area contributed by atoms with E-state index in [9.17, 15) is 9.59 Å². The van der Waals surface area contributed by atoms with Gasteiger partial charge in [-0.25, -0.2) is 0 Å². The van der Waals surface area contributed by atoms with E-state index in [4.69, 9.17) is 0 Å². The minimum absolute atomic E-state index is 0.125. The lowest BCUT2D eigenvalue weighted by Crippen LogP contribution is -2.43. The standard InChI is InChI=1S/C25H32N4O2/c1-3-29(19-11-13-26-14-12-19)23-10-6-9-21-20(23)8-5-4-7-18-15-17(2)28-25(31)22(18)16-27-24(21)30/h4-6,9-10,15,19,26H,3,7-8,11-14,16H2,1-2H3,(H,27,30)(H,28,31)/b5-4+. The molecule has 1 amide bonds. The van der Waals surface area contributed by atoms with Gasteiger partial charge in [0.15, 0.2) is 0 Å². The van der Waals surface area contributed by atoms with Crippen LogP contribution in [0, 0.1) is 6.92 Å². The molecule has 0 saturated carbocycles. The van der Waals surface area contributed by atoms with Gasteiger partial charge in [-0.2, -0.15) is 0 Å². The van der Waals surface area contributed by atoms with Crippen molar-refractivity contribution in [1.29, 1.82) is 0 Å². The molecule has 1 aromatic heterocycles. The zero-order chi connectivity index (χ0) is 21.8. The van der Waals surface area contributed by atoms with E-state index >= 15 is 0 Å². The number of piperidine rings is 1. The predicted octanol–water partition coefficient (Wildman–Crippen LogP) is 2.85. The minimum Gasteiger partial charge on any atom is -0.368 e. The Balaban J connectivity index is 1.72. The predicted molar refractivity (Wildman–Crippen MR) is 125 cm³/mol. The van der Waals surface area contributed by atoms with Crippen molar-refractivity contribution in [3.05, 3.63) is 74.7 Å². The molecule has 0 atom stereocenters. The molecule has 3 N–H and O–H groups in total. The van der Waals surface area contributed by atoms with Crippen LogP contribution in [0.4, 0.5) is 5.69 Å². The maximum atomic E-state index is 13.2. The first kappa shape index (κ1) is 21.4. The number of H-pyrrole nitrogens is 1. The highest BCUT2D eigenvalue weighted by molar-refractivity contribution is 5.97. The van der Waals surface area contributed by atoms with Crippen molar-refractivity contribution >= 4 is 11.6 Å². The average molecular weight is 421 g/mol. The van der Waals surface area contributed by atoms with Gasteiger partial charge in [-0.05, 0) is 81.9 Å². The Morgan fingerprint density at radius 2 is 1.84 bits per heavy atom. The van der Waals surface area contributed by atoms with Crippen LogP contribution in [-0.4, -0.2) is 36.6 Å². The number of aromatic nitrogens is 1. The van der Waals surface area contributed by atoms with Gasteiger partial charge < -0.3 is 20.5 Å². The van der Waals surface area contributed by atoms with Crippen molar-refractivity contribution < 1.29 is 4.79 Å². The fourth-order valence-corrected chi connectivity index (χ4v) is 4.85. The van der Waals surface area contributed by atoms with Gasteiger partial charge in [0.2, 0.25) is 0 Å². The van der Waals surface area contributed by atoms with E-state index in [1.165, 1.54) is 0 Å². The highest BCUT2D eigenvalue weighted by atomic mass is 16.1. The summed E-state index contributed by atoms with van der Waals surface area (Å²) < 4.78 is 0. The van der Waals surface area contributed by atoms with Crippen molar-refractivity contribution in [2.45, 2.75) is 52.1 Å². The van der Waals surface area contributed by atoms with E-state index in [-0.39, 0.29) is 18.0 Å². The molecule has 6 nitrogen and oxygen atoms in total. The lowest BCUT2D eigenvalue weighted by Gasteiger charge is -2.37. The topological polar surface area (TPSA) is 77.2 Å². The molecular weight excluding hydrogens is 388 g/mol. The number of allylic oxidation sites excluding steroid dienone is 2. The Bertz CT molecular complexity index is 1030. The SMILES string of the molecule is CCN(c1cccc2c1C/C=C/Cc1cc(C)[nH]c(=O)c1CNC2=O)C1CCNCC1. The molecule has 0 bridgehead atoms. The molecule has 4 rings (SSSR count).